The van der Waals surface area contributed by atoms with Crippen LogP contribution in [0.3, 0.4) is 0 Å². The van der Waals surface area contributed by atoms with E-state index in [-0.39, 0.29) is 5.41 Å². The Bertz CT molecular complexity index is 590. The summed E-state index contributed by atoms with van der Waals surface area (Å²) in [6.07, 6.45) is 6.41. The Labute approximate surface area is 115 Å². The van der Waals surface area contributed by atoms with Crippen molar-refractivity contribution >= 4 is 10.8 Å². The van der Waals surface area contributed by atoms with Gasteiger partial charge in [-0.25, -0.2) is 0 Å². The van der Waals surface area contributed by atoms with Gasteiger partial charge in [-0.2, -0.15) is 0 Å². The van der Waals surface area contributed by atoms with Gasteiger partial charge in [0.05, 0.1) is 0 Å². The zero-order chi connectivity index (χ0) is 13.5. The molecule has 0 saturated carbocycles. The maximum absolute atomic E-state index is 4.28. The highest BCUT2D eigenvalue weighted by molar-refractivity contribution is 5.86. The van der Waals surface area contributed by atoms with Crippen LogP contribution in [0, 0.1) is 0 Å². The predicted octanol–water partition coefficient (Wildman–Crippen LogP) is 3.96. The molecule has 0 aliphatic carbocycles. The minimum Gasteiger partial charge on any atom is -0.310 e. The minimum absolute atomic E-state index is 0.178. The standard InChI is InChI=1S/C17H22N2/c1-17(2,3)13-9-12-11-18-8-6-14(12)15(10-13)16-5-4-7-19-16/h6,8-11,16,19H,4-5,7H2,1-3H3/t16-/m0/s1. The van der Waals surface area contributed by atoms with Gasteiger partial charge >= 0.3 is 0 Å². The highest BCUT2D eigenvalue weighted by Crippen LogP contribution is 2.34. The third-order valence-corrected chi connectivity index (χ3v) is 4.09. The summed E-state index contributed by atoms with van der Waals surface area (Å²) in [5.74, 6) is 0. The van der Waals surface area contributed by atoms with Gasteiger partial charge in [0.2, 0.25) is 0 Å². The second kappa shape index (κ2) is 4.61. The highest BCUT2D eigenvalue weighted by Gasteiger charge is 2.22. The maximum atomic E-state index is 4.28. The lowest BCUT2D eigenvalue weighted by molar-refractivity contribution is 0.586. The van der Waals surface area contributed by atoms with E-state index in [1.165, 1.54) is 34.7 Å². The van der Waals surface area contributed by atoms with Crippen molar-refractivity contribution in [2.45, 2.75) is 45.1 Å². The van der Waals surface area contributed by atoms with Crippen molar-refractivity contribution in [2.75, 3.05) is 6.54 Å². The summed E-state index contributed by atoms with van der Waals surface area (Å²) < 4.78 is 0. The van der Waals surface area contributed by atoms with E-state index in [4.69, 9.17) is 0 Å². The molecule has 1 atom stereocenters. The molecular formula is C17H22N2. The van der Waals surface area contributed by atoms with Crippen molar-refractivity contribution < 1.29 is 0 Å². The van der Waals surface area contributed by atoms with Crippen molar-refractivity contribution in [1.82, 2.24) is 10.3 Å². The van der Waals surface area contributed by atoms with Gasteiger partial charge in [-0.3, -0.25) is 4.98 Å². The molecule has 1 aromatic carbocycles. The molecule has 0 amide bonds. The topological polar surface area (TPSA) is 24.9 Å². The van der Waals surface area contributed by atoms with Crippen LogP contribution in [0.5, 0.6) is 0 Å². The van der Waals surface area contributed by atoms with Gasteiger partial charge in [0.1, 0.15) is 0 Å². The first-order valence-electron chi connectivity index (χ1n) is 7.17. The number of benzene rings is 1. The van der Waals surface area contributed by atoms with E-state index in [0.717, 1.165) is 6.54 Å². The van der Waals surface area contributed by atoms with E-state index < -0.39 is 0 Å². The van der Waals surface area contributed by atoms with Crippen LogP contribution in [0.4, 0.5) is 0 Å². The molecule has 0 bridgehead atoms. The van der Waals surface area contributed by atoms with Gasteiger partial charge in [-0.1, -0.05) is 26.8 Å². The lowest BCUT2D eigenvalue weighted by Crippen LogP contribution is -2.16. The van der Waals surface area contributed by atoms with E-state index in [0.29, 0.717) is 6.04 Å². The molecule has 2 heterocycles. The summed E-state index contributed by atoms with van der Waals surface area (Å²) >= 11 is 0. The van der Waals surface area contributed by atoms with Crippen LogP contribution >= 0.6 is 0 Å². The summed E-state index contributed by atoms with van der Waals surface area (Å²) in [6, 6.07) is 7.34. The molecule has 0 spiro atoms. The zero-order valence-electron chi connectivity index (χ0n) is 12.0. The van der Waals surface area contributed by atoms with Crippen LogP contribution in [-0.2, 0) is 5.41 Å². The Hall–Kier alpha value is -1.41. The third kappa shape index (κ3) is 2.37. The molecule has 2 nitrogen and oxygen atoms in total. The van der Waals surface area contributed by atoms with Crippen LogP contribution in [0.2, 0.25) is 0 Å². The molecule has 1 aliphatic heterocycles. The summed E-state index contributed by atoms with van der Waals surface area (Å²) in [6.45, 7) is 7.96. The molecule has 2 heteroatoms. The Morgan fingerprint density at radius 1 is 1.26 bits per heavy atom. The van der Waals surface area contributed by atoms with Crippen molar-refractivity contribution in [3.63, 3.8) is 0 Å². The van der Waals surface area contributed by atoms with Gasteiger partial charge in [-0.15, -0.1) is 0 Å². The molecule has 100 valence electrons. The number of rotatable bonds is 1. The van der Waals surface area contributed by atoms with E-state index in [2.05, 4.69) is 49.3 Å². The Morgan fingerprint density at radius 3 is 2.79 bits per heavy atom. The van der Waals surface area contributed by atoms with Gasteiger partial charge < -0.3 is 5.32 Å². The normalized spacial score (nSPS) is 20.1. The summed E-state index contributed by atoms with van der Waals surface area (Å²) in [5, 5.41) is 6.24. The minimum atomic E-state index is 0.178. The quantitative estimate of drug-likeness (QED) is 0.833. The Kier molecular flexibility index (Phi) is 3.06. The van der Waals surface area contributed by atoms with Crippen LogP contribution < -0.4 is 5.32 Å². The molecule has 0 unspecified atom stereocenters. The summed E-state index contributed by atoms with van der Waals surface area (Å²) in [4.78, 5) is 4.28. The van der Waals surface area contributed by atoms with E-state index in [9.17, 15) is 0 Å². The molecule has 2 aromatic rings. The Morgan fingerprint density at radius 2 is 2.11 bits per heavy atom. The lowest BCUT2D eigenvalue weighted by atomic mass is 9.83. The average Bonchev–Trinajstić information content (AvgIpc) is 2.90. The van der Waals surface area contributed by atoms with Gasteiger partial charge in [0.15, 0.2) is 0 Å². The molecule has 1 aliphatic rings. The van der Waals surface area contributed by atoms with Crippen molar-refractivity contribution in [2.24, 2.45) is 0 Å². The number of hydrogen-bond acceptors (Lipinski definition) is 2. The third-order valence-electron chi connectivity index (χ3n) is 4.09. The predicted molar refractivity (Wildman–Crippen MR) is 80.4 cm³/mol. The summed E-state index contributed by atoms with van der Waals surface area (Å²) in [5.41, 5.74) is 3.02. The monoisotopic (exact) mass is 254 g/mol. The smallest absolute Gasteiger partial charge is 0.0346 e. The molecule has 1 aromatic heterocycles. The van der Waals surface area contributed by atoms with Crippen LogP contribution in [-0.4, -0.2) is 11.5 Å². The van der Waals surface area contributed by atoms with Crippen LogP contribution in [0.25, 0.3) is 10.8 Å². The van der Waals surface area contributed by atoms with E-state index in [1.807, 2.05) is 12.4 Å². The number of nitrogens with zero attached hydrogens (tertiary/aromatic N) is 1. The second-order valence-corrected chi connectivity index (χ2v) is 6.56. The second-order valence-electron chi connectivity index (χ2n) is 6.56. The number of hydrogen-bond donors (Lipinski definition) is 1. The fourth-order valence-electron chi connectivity index (χ4n) is 2.91. The number of pyridine rings is 1. The highest BCUT2D eigenvalue weighted by atomic mass is 14.9. The van der Waals surface area contributed by atoms with Crippen LogP contribution in [0.15, 0.2) is 30.6 Å². The first-order chi connectivity index (χ1) is 9.05. The molecule has 0 radical (unpaired) electrons. The van der Waals surface area contributed by atoms with Crippen molar-refractivity contribution in [1.29, 1.82) is 0 Å². The molecule has 1 N–H and O–H groups in total. The zero-order valence-corrected chi connectivity index (χ0v) is 12.0. The molecular weight excluding hydrogens is 232 g/mol. The van der Waals surface area contributed by atoms with E-state index in [1.54, 1.807) is 0 Å². The largest absolute Gasteiger partial charge is 0.310 e. The van der Waals surface area contributed by atoms with Crippen LogP contribution in [0.1, 0.15) is 50.8 Å². The fraction of sp³-hybridized carbons (Fsp3) is 0.471. The van der Waals surface area contributed by atoms with Gasteiger partial charge in [0, 0.05) is 23.8 Å². The van der Waals surface area contributed by atoms with E-state index >= 15 is 0 Å². The van der Waals surface area contributed by atoms with Gasteiger partial charge in [0.25, 0.3) is 0 Å². The van der Waals surface area contributed by atoms with Crippen molar-refractivity contribution in [3.8, 4) is 0 Å². The first-order valence-corrected chi connectivity index (χ1v) is 7.17. The lowest BCUT2D eigenvalue weighted by Gasteiger charge is -2.23. The first kappa shape index (κ1) is 12.6. The van der Waals surface area contributed by atoms with Gasteiger partial charge in [-0.05, 0) is 53.4 Å². The summed E-state index contributed by atoms with van der Waals surface area (Å²) in [7, 11) is 0. The fourth-order valence-corrected chi connectivity index (χ4v) is 2.91. The number of nitrogens with one attached hydrogen (secondary N) is 1. The average molecular weight is 254 g/mol. The van der Waals surface area contributed by atoms with Crippen molar-refractivity contribution in [3.05, 3.63) is 41.7 Å². The number of aromatic nitrogens is 1. The molecule has 1 fully saturated rings. The SMILES string of the molecule is CC(C)(C)c1cc([C@@H]2CCCN2)c2ccncc2c1. The maximum Gasteiger partial charge on any atom is 0.0346 e. The molecule has 3 rings (SSSR count). The Balaban J connectivity index is 2.21. The molecule has 1 saturated heterocycles. The molecule has 19 heavy (non-hydrogen) atoms. The number of fused-ring (bicyclic) bond motifs is 1.